The molecule has 4 nitrogen and oxygen atoms in total. The van der Waals surface area contributed by atoms with Gasteiger partial charge in [-0.25, -0.2) is 0 Å². The molecule has 4 heterocycles. The molecule has 70 heavy (non-hydrogen) atoms. The van der Waals surface area contributed by atoms with Gasteiger partial charge in [0.25, 0.3) is 0 Å². The molecule has 0 fully saturated rings. The van der Waals surface area contributed by atoms with Crippen LogP contribution in [-0.2, 0) is 0 Å². The van der Waals surface area contributed by atoms with E-state index in [1.54, 1.807) is 0 Å². The molecule has 4 aromatic heterocycles. The zero-order valence-corrected chi connectivity index (χ0v) is 38.1. The number of anilines is 5. The molecule has 2 aliphatic carbocycles. The van der Waals surface area contributed by atoms with Gasteiger partial charge < -0.3 is 18.6 Å². The topological polar surface area (TPSA) is 15.3 Å². The molecule has 0 radical (unpaired) electrons. The first kappa shape index (κ1) is 38.8. The van der Waals surface area contributed by atoms with Gasteiger partial charge in [-0.1, -0.05) is 163 Å². The second-order valence-corrected chi connectivity index (χ2v) is 18.5. The Kier molecular flexibility index (Phi) is 8.37. The van der Waals surface area contributed by atoms with Crippen molar-refractivity contribution in [1.29, 1.82) is 0 Å². The molecule has 9 aromatic carbocycles. The summed E-state index contributed by atoms with van der Waals surface area (Å²) in [5.41, 5.74) is 25.6. The molecule has 0 atom stereocenters. The minimum absolute atomic E-state index is 0.956. The summed E-state index contributed by atoms with van der Waals surface area (Å²) in [6, 6.07) is 71.6. The molecule has 0 unspecified atom stereocenters. The quantitative estimate of drug-likeness (QED) is 0.141. The number of benzene rings is 9. The predicted octanol–water partition coefficient (Wildman–Crippen LogP) is 17.8. The summed E-state index contributed by atoms with van der Waals surface area (Å²) in [6.07, 6.45) is 14.9. The maximum absolute atomic E-state index is 3.52. The lowest BCUT2D eigenvalue weighted by Gasteiger charge is -2.29. The Hall–Kier alpha value is -9.30. The van der Waals surface area contributed by atoms with Crippen molar-refractivity contribution in [2.75, 3.05) is 9.80 Å². The number of fused-ring (bicyclic) bond motifs is 12. The second-order valence-electron chi connectivity index (χ2n) is 18.5. The Labute approximate surface area is 404 Å². The number of rotatable bonds is 8. The molecule has 0 aliphatic heterocycles. The van der Waals surface area contributed by atoms with Gasteiger partial charge >= 0.3 is 0 Å². The van der Waals surface area contributed by atoms with E-state index in [0.29, 0.717) is 0 Å². The van der Waals surface area contributed by atoms with Crippen molar-refractivity contribution >= 4 is 110 Å². The van der Waals surface area contributed by atoms with E-state index >= 15 is 0 Å². The highest BCUT2D eigenvalue weighted by Crippen LogP contribution is 2.52. The summed E-state index contributed by atoms with van der Waals surface area (Å²) < 4.78 is 5.08. The van der Waals surface area contributed by atoms with E-state index in [4.69, 9.17) is 0 Å². The van der Waals surface area contributed by atoms with Gasteiger partial charge in [0.1, 0.15) is 0 Å². The van der Waals surface area contributed by atoms with E-state index in [-0.39, 0.29) is 0 Å². The lowest BCUT2D eigenvalue weighted by molar-refractivity contribution is 1.05. The minimum atomic E-state index is 0.956. The average molecular weight is 891 g/mol. The molecule has 0 saturated carbocycles. The van der Waals surface area contributed by atoms with Crippen LogP contribution < -0.4 is 9.80 Å². The lowest BCUT2D eigenvalue weighted by Crippen LogP contribution is -2.17. The molecule has 2 aliphatic rings. The fraction of sp³-hybridized carbons (Fsp3) is 0.0303. The molecule has 0 spiro atoms. The zero-order valence-electron chi connectivity index (χ0n) is 38.1. The summed E-state index contributed by atoms with van der Waals surface area (Å²) in [6.45, 7) is 0. The Morgan fingerprint density at radius 3 is 1.60 bits per heavy atom. The van der Waals surface area contributed by atoms with Crippen molar-refractivity contribution in [2.45, 2.75) is 12.8 Å². The summed E-state index contributed by atoms with van der Waals surface area (Å²) in [5, 5.41) is 9.89. The van der Waals surface area contributed by atoms with Crippen LogP contribution in [0.3, 0.4) is 0 Å². The minimum Gasteiger partial charge on any atom is -0.309 e. The van der Waals surface area contributed by atoms with Gasteiger partial charge in [-0.3, -0.25) is 0 Å². The van der Waals surface area contributed by atoms with Crippen LogP contribution in [0.1, 0.15) is 18.4 Å². The molecular formula is C66H42N4. The van der Waals surface area contributed by atoms with E-state index in [9.17, 15) is 0 Å². The van der Waals surface area contributed by atoms with Gasteiger partial charge in [-0.05, 0) is 103 Å². The van der Waals surface area contributed by atoms with Crippen LogP contribution in [-0.4, -0.2) is 8.80 Å². The van der Waals surface area contributed by atoms with Gasteiger partial charge in [0, 0.05) is 59.9 Å². The number of nitrogens with zero attached hydrogens (tertiary/aromatic N) is 4. The van der Waals surface area contributed by atoms with Crippen LogP contribution in [0, 0.1) is 0 Å². The van der Waals surface area contributed by atoms with Crippen LogP contribution in [0.5, 0.6) is 0 Å². The first-order valence-corrected chi connectivity index (χ1v) is 24.3. The van der Waals surface area contributed by atoms with Gasteiger partial charge in [-0.2, -0.15) is 0 Å². The molecule has 0 bridgehead atoms. The van der Waals surface area contributed by atoms with Crippen molar-refractivity contribution in [1.82, 2.24) is 8.80 Å². The largest absolute Gasteiger partial charge is 0.309 e. The molecule has 13 aromatic rings. The predicted molar refractivity (Wildman–Crippen MR) is 295 cm³/mol. The number of aromatic nitrogens is 2. The normalized spacial score (nSPS) is 13.7. The van der Waals surface area contributed by atoms with E-state index in [1.165, 1.54) is 98.5 Å². The van der Waals surface area contributed by atoms with Crippen LogP contribution in [0.15, 0.2) is 248 Å². The third-order valence-electron chi connectivity index (χ3n) is 14.9. The van der Waals surface area contributed by atoms with Crippen molar-refractivity contribution in [3.05, 3.63) is 253 Å². The lowest BCUT2D eigenvalue weighted by atomic mass is 9.94. The van der Waals surface area contributed by atoms with E-state index in [0.717, 1.165) is 47.0 Å². The smallest absolute Gasteiger partial charge is 0.0973 e. The van der Waals surface area contributed by atoms with Crippen LogP contribution in [0.25, 0.3) is 92.9 Å². The maximum Gasteiger partial charge on any atom is 0.0973 e. The maximum atomic E-state index is 3.52. The van der Waals surface area contributed by atoms with Gasteiger partial charge in [0.05, 0.1) is 61.5 Å². The first-order valence-electron chi connectivity index (χ1n) is 24.3. The van der Waals surface area contributed by atoms with Crippen molar-refractivity contribution in [2.24, 2.45) is 0 Å². The highest BCUT2D eigenvalue weighted by atomic mass is 15.2. The van der Waals surface area contributed by atoms with Crippen LogP contribution in [0.4, 0.5) is 28.4 Å². The molecular weight excluding hydrogens is 849 g/mol. The summed E-state index contributed by atoms with van der Waals surface area (Å²) in [5.74, 6) is 0. The van der Waals surface area contributed by atoms with Crippen LogP contribution in [0.2, 0.25) is 0 Å². The second kappa shape index (κ2) is 15.1. The molecule has 4 heteroatoms. The van der Waals surface area contributed by atoms with Gasteiger partial charge in [0.15, 0.2) is 0 Å². The number of hydrogen-bond donors (Lipinski definition) is 0. The Bertz CT molecular complexity index is 4490. The number of allylic oxidation sites excluding steroid dienone is 7. The summed E-state index contributed by atoms with van der Waals surface area (Å²) >= 11 is 0. The summed E-state index contributed by atoms with van der Waals surface area (Å²) in [4.78, 5) is 4.88. The number of hydrogen-bond acceptors (Lipinski definition) is 2. The third-order valence-corrected chi connectivity index (χ3v) is 14.9. The molecule has 15 rings (SSSR count). The monoisotopic (exact) mass is 890 g/mol. The van der Waals surface area contributed by atoms with Gasteiger partial charge in [0.2, 0.25) is 0 Å². The standard InChI is InChI=1S/C66H42N4/c1-5-21-43(22-6-1)47-29-13-17-33-55(47)67(45-25-9-3-10-26-45)59-39-37-49-53-41-62-54(42-61(53)69-57-35-19-15-31-51(57)63(59)65(49)69)50-38-40-60(64-52-32-16-20-36-58(52)70(62)66(50)64)68(46-27-11-4-12-28-46)56-34-18-14-30-48(56)44-23-7-2-8-24-44/h1-7,9-11,13-23,25-27,29-42H,8,24H2. The first-order chi connectivity index (χ1) is 34.8. The number of para-hydroxylation sites is 5. The zero-order chi connectivity index (χ0) is 45.9. The van der Waals surface area contributed by atoms with Crippen molar-refractivity contribution < 1.29 is 0 Å². The van der Waals surface area contributed by atoms with E-state index < -0.39 is 0 Å². The molecule has 0 saturated heterocycles. The fourth-order valence-electron chi connectivity index (χ4n) is 12.0. The Balaban J connectivity index is 1.01. The molecule has 326 valence electrons. The highest BCUT2D eigenvalue weighted by molar-refractivity contribution is 6.32. The van der Waals surface area contributed by atoms with E-state index in [1.807, 2.05) is 6.08 Å². The Morgan fingerprint density at radius 1 is 0.429 bits per heavy atom. The van der Waals surface area contributed by atoms with Crippen molar-refractivity contribution in [3.63, 3.8) is 0 Å². The van der Waals surface area contributed by atoms with Gasteiger partial charge in [-0.15, -0.1) is 0 Å². The third kappa shape index (κ3) is 5.49. The molecule has 0 N–H and O–H groups in total. The average Bonchev–Trinajstić information content (AvgIpc) is 4.16. The molecule has 0 amide bonds. The SMILES string of the molecule is C1=C=C(N(c2ccccc2C2=CC=CCC2)c2ccc3c4cc5c(cc4n4c6ccccc6c2c34)c2ccc(N(c3ccccc3)c3ccccc3-c3ccccc3)c3c4ccccc4n5c23)C=CC=1. The highest BCUT2D eigenvalue weighted by Gasteiger charge is 2.29. The van der Waals surface area contributed by atoms with Crippen LogP contribution >= 0.6 is 0 Å². The Morgan fingerprint density at radius 2 is 0.986 bits per heavy atom. The van der Waals surface area contributed by atoms with E-state index in [2.05, 4.69) is 255 Å². The summed E-state index contributed by atoms with van der Waals surface area (Å²) in [7, 11) is 0. The van der Waals surface area contributed by atoms with Crippen molar-refractivity contribution in [3.8, 4) is 11.1 Å². The fourth-order valence-corrected chi connectivity index (χ4v) is 12.0.